The third-order valence-corrected chi connectivity index (χ3v) is 8.70. The molecule has 1 aliphatic rings. The molecule has 0 saturated heterocycles. The molecule has 0 fully saturated rings. The van der Waals surface area contributed by atoms with Crippen molar-refractivity contribution in [1.29, 1.82) is 0 Å². The molecule has 242 valence electrons. The minimum Gasteiger partial charge on any atom is -0.467 e. The van der Waals surface area contributed by atoms with Crippen molar-refractivity contribution < 1.29 is 47.0 Å². The summed E-state index contributed by atoms with van der Waals surface area (Å²) in [5.41, 5.74) is 1.91. The van der Waals surface area contributed by atoms with Gasteiger partial charge in [-0.1, -0.05) is 54.6 Å². The SMILES string of the molecule is CCOP(=O)(C/C(=C/N1C(=O)c2ccccc2C1=O)Oc1ccc(C[C@@H](NC(=O)OCc2ccccc2)C(=O)OC)cc1)OCC. The van der Waals surface area contributed by atoms with Gasteiger partial charge < -0.3 is 28.6 Å². The second-order valence-corrected chi connectivity index (χ2v) is 12.0. The van der Waals surface area contributed by atoms with Gasteiger partial charge in [-0.05, 0) is 49.2 Å². The number of allylic oxidation sites excluding steroid dienone is 1. The van der Waals surface area contributed by atoms with E-state index < -0.39 is 37.5 Å². The lowest BCUT2D eigenvalue weighted by Gasteiger charge is -2.20. The number of carbonyl (C=O) groups excluding carboxylic acids is 4. The van der Waals surface area contributed by atoms with E-state index in [0.717, 1.165) is 10.5 Å². The summed E-state index contributed by atoms with van der Waals surface area (Å²) in [6.45, 7) is 3.56. The Morgan fingerprint density at radius 1 is 0.848 bits per heavy atom. The van der Waals surface area contributed by atoms with Crippen molar-refractivity contribution >= 4 is 31.5 Å². The average molecular weight is 651 g/mol. The van der Waals surface area contributed by atoms with Gasteiger partial charge >= 0.3 is 19.7 Å². The van der Waals surface area contributed by atoms with Crippen molar-refractivity contribution in [1.82, 2.24) is 10.2 Å². The number of imide groups is 1. The first-order valence-corrected chi connectivity index (χ1v) is 16.3. The van der Waals surface area contributed by atoms with Crippen LogP contribution < -0.4 is 10.1 Å². The van der Waals surface area contributed by atoms with Gasteiger partial charge in [-0.3, -0.25) is 14.2 Å². The van der Waals surface area contributed by atoms with Crippen molar-refractivity contribution in [2.75, 3.05) is 26.5 Å². The maximum Gasteiger partial charge on any atom is 0.408 e. The number of rotatable bonds is 15. The molecule has 12 nitrogen and oxygen atoms in total. The van der Waals surface area contributed by atoms with Crippen LogP contribution in [0.1, 0.15) is 45.7 Å². The molecule has 0 bridgehead atoms. The molecule has 4 rings (SSSR count). The second kappa shape index (κ2) is 16.0. The van der Waals surface area contributed by atoms with Gasteiger partial charge in [-0.15, -0.1) is 0 Å². The van der Waals surface area contributed by atoms with Crippen LogP contribution >= 0.6 is 7.60 Å². The van der Waals surface area contributed by atoms with Crippen molar-refractivity contribution in [3.05, 3.63) is 113 Å². The van der Waals surface area contributed by atoms with Crippen molar-refractivity contribution in [3.8, 4) is 5.75 Å². The first kappa shape index (κ1) is 34.1. The van der Waals surface area contributed by atoms with Crippen LogP contribution in [0.15, 0.2) is 90.8 Å². The van der Waals surface area contributed by atoms with E-state index >= 15 is 0 Å². The summed E-state index contributed by atoms with van der Waals surface area (Å²) in [6, 6.07) is 21.0. The van der Waals surface area contributed by atoms with E-state index in [4.69, 9.17) is 23.3 Å². The summed E-state index contributed by atoms with van der Waals surface area (Å²) in [5.74, 6) is -1.50. The number of nitrogens with zero attached hydrogens (tertiary/aromatic N) is 1. The Morgan fingerprint density at radius 2 is 1.43 bits per heavy atom. The summed E-state index contributed by atoms with van der Waals surface area (Å²) in [5, 5.41) is 2.53. The maximum absolute atomic E-state index is 13.4. The second-order valence-electron chi connectivity index (χ2n) is 9.96. The highest BCUT2D eigenvalue weighted by Gasteiger charge is 2.36. The van der Waals surface area contributed by atoms with Gasteiger partial charge in [0.25, 0.3) is 11.8 Å². The summed E-state index contributed by atoms with van der Waals surface area (Å²) in [4.78, 5) is 51.8. The van der Waals surface area contributed by atoms with Crippen molar-refractivity contribution in [3.63, 3.8) is 0 Å². The number of ether oxygens (including phenoxy) is 3. The largest absolute Gasteiger partial charge is 0.467 e. The topological polar surface area (TPSA) is 147 Å². The molecule has 0 saturated carbocycles. The Hall–Kier alpha value is -4.77. The normalized spacial score (nSPS) is 13.6. The van der Waals surface area contributed by atoms with Crippen LogP contribution in [0.3, 0.4) is 0 Å². The van der Waals surface area contributed by atoms with E-state index in [-0.39, 0.29) is 55.0 Å². The number of alkyl carbamates (subject to hydrolysis) is 1. The predicted octanol–water partition coefficient (Wildman–Crippen LogP) is 5.48. The Morgan fingerprint density at radius 3 is 2.00 bits per heavy atom. The van der Waals surface area contributed by atoms with Crippen molar-refractivity contribution in [2.24, 2.45) is 0 Å². The van der Waals surface area contributed by atoms with Gasteiger partial charge in [0.2, 0.25) is 0 Å². The molecule has 46 heavy (non-hydrogen) atoms. The van der Waals surface area contributed by atoms with Crippen LogP contribution in [0.25, 0.3) is 0 Å². The molecule has 3 aromatic carbocycles. The minimum absolute atomic E-state index is 0.0113. The summed E-state index contributed by atoms with van der Waals surface area (Å²) >= 11 is 0. The molecule has 0 radical (unpaired) electrons. The maximum atomic E-state index is 13.4. The van der Waals surface area contributed by atoms with Gasteiger partial charge in [-0.2, -0.15) is 0 Å². The Balaban J connectivity index is 1.50. The fourth-order valence-corrected chi connectivity index (χ4v) is 6.18. The lowest BCUT2D eigenvalue weighted by Crippen LogP contribution is -2.43. The first-order chi connectivity index (χ1) is 22.2. The van der Waals surface area contributed by atoms with Gasteiger partial charge in [0.1, 0.15) is 30.3 Å². The third-order valence-electron chi connectivity index (χ3n) is 6.70. The van der Waals surface area contributed by atoms with Gasteiger partial charge in [0.05, 0.1) is 37.7 Å². The Labute approximate surface area is 266 Å². The van der Waals surface area contributed by atoms with E-state index in [0.29, 0.717) is 5.56 Å². The standard InChI is InChI=1S/C33H35N2O10P/c1-4-43-46(40,44-5-2)22-26(20-35-30(36)27-13-9-10-14-28(27)31(35)37)45-25-17-15-23(16-18-25)19-29(32(38)41-3)34-33(39)42-21-24-11-7-6-8-12-24/h6-18,20,29H,4-5,19,21-22H2,1-3H3,(H,34,39)/b26-20-/t29-/m1/s1. The molecular formula is C33H35N2O10P. The number of hydrogen-bond donors (Lipinski definition) is 1. The minimum atomic E-state index is -3.71. The third kappa shape index (κ3) is 8.91. The molecule has 1 atom stereocenters. The number of benzene rings is 3. The van der Waals surface area contributed by atoms with E-state index in [9.17, 15) is 23.7 Å². The number of fused-ring (bicyclic) bond motifs is 1. The van der Waals surface area contributed by atoms with E-state index in [1.54, 1.807) is 62.4 Å². The highest BCUT2D eigenvalue weighted by Crippen LogP contribution is 2.49. The lowest BCUT2D eigenvalue weighted by atomic mass is 10.1. The Kier molecular flexibility index (Phi) is 11.9. The fourth-order valence-electron chi connectivity index (χ4n) is 4.60. The Bertz CT molecular complexity index is 1580. The number of methoxy groups -OCH3 is 1. The first-order valence-electron chi connectivity index (χ1n) is 14.5. The zero-order valence-corrected chi connectivity index (χ0v) is 26.6. The van der Waals surface area contributed by atoms with Crippen LogP contribution in [0.5, 0.6) is 5.75 Å². The number of carbonyl (C=O) groups is 4. The van der Waals surface area contributed by atoms with Crippen LogP contribution in [-0.4, -0.2) is 61.3 Å². The zero-order chi connectivity index (χ0) is 33.1. The number of nitrogens with one attached hydrogen (secondary N) is 1. The zero-order valence-electron chi connectivity index (χ0n) is 25.7. The molecular weight excluding hydrogens is 615 g/mol. The molecule has 3 aromatic rings. The number of hydrogen-bond acceptors (Lipinski definition) is 10. The molecule has 0 aliphatic carbocycles. The molecule has 13 heteroatoms. The van der Waals surface area contributed by atoms with Gasteiger partial charge in [0, 0.05) is 6.42 Å². The molecule has 0 aromatic heterocycles. The molecule has 1 N–H and O–H groups in total. The summed E-state index contributed by atoms with van der Waals surface area (Å²) in [7, 11) is -2.49. The van der Waals surface area contributed by atoms with Crippen LogP contribution in [-0.2, 0) is 40.9 Å². The van der Waals surface area contributed by atoms with Crippen LogP contribution in [0.2, 0.25) is 0 Å². The molecule has 0 unspecified atom stereocenters. The predicted molar refractivity (Wildman–Crippen MR) is 167 cm³/mol. The highest BCUT2D eigenvalue weighted by atomic mass is 31.2. The van der Waals surface area contributed by atoms with Gasteiger partial charge in [-0.25, -0.2) is 14.5 Å². The molecule has 1 aliphatic heterocycles. The van der Waals surface area contributed by atoms with Crippen LogP contribution in [0, 0.1) is 0 Å². The summed E-state index contributed by atoms with van der Waals surface area (Å²) < 4.78 is 40.4. The lowest BCUT2D eigenvalue weighted by molar-refractivity contribution is -0.143. The van der Waals surface area contributed by atoms with E-state index in [2.05, 4.69) is 5.32 Å². The smallest absolute Gasteiger partial charge is 0.408 e. The number of amides is 3. The fraction of sp³-hybridized carbons (Fsp3) is 0.273. The monoisotopic (exact) mass is 650 g/mol. The van der Waals surface area contributed by atoms with E-state index in [1.165, 1.54) is 13.3 Å². The molecule has 3 amide bonds. The molecule has 1 heterocycles. The van der Waals surface area contributed by atoms with Gasteiger partial charge in [0.15, 0.2) is 0 Å². The molecule has 0 spiro atoms. The van der Waals surface area contributed by atoms with E-state index in [1.807, 2.05) is 30.3 Å². The van der Waals surface area contributed by atoms with Crippen LogP contribution in [0.4, 0.5) is 4.79 Å². The summed E-state index contributed by atoms with van der Waals surface area (Å²) in [6.07, 6.45) is 0.134. The van der Waals surface area contributed by atoms with Crippen molar-refractivity contribution in [2.45, 2.75) is 32.9 Å². The number of esters is 1. The highest BCUT2D eigenvalue weighted by molar-refractivity contribution is 7.54. The quantitative estimate of drug-likeness (QED) is 0.0971. The average Bonchev–Trinajstić information content (AvgIpc) is 3.29.